The third-order valence-corrected chi connectivity index (χ3v) is 3.26. The SMILES string of the molecule is CN1CCC(N2CCO[C@H](CO)C2)C1. The van der Waals surface area contributed by atoms with Crippen molar-refractivity contribution < 1.29 is 9.84 Å². The average Bonchev–Trinajstić information content (AvgIpc) is 2.65. The van der Waals surface area contributed by atoms with Gasteiger partial charge in [0.05, 0.1) is 19.3 Å². The van der Waals surface area contributed by atoms with Gasteiger partial charge in [-0.2, -0.15) is 0 Å². The first-order valence-electron chi connectivity index (χ1n) is 5.44. The Balaban J connectivity index is 1.84. The minimum Gasteiger partial charge on any atom is -0.394 e. The Kier molecular flexibility index (Phi) is 3.38. The highest BCUT2D eigenvalue weighted by atomic mass is 16.5. The summed E-state index contributed by atoms with van der Waals surface area (Å²) < 4.78 is 5.44. The molecule has 2 aliphatic heterocycles. The second-order valence-corrected chi connectivity index (χ2v) is 4.38. The first-order chi connectivity index (χ1) is 6.79. The zero-order chi connectivity index (χ0) is 9.97. The molecular weight excluding hydrogens is 180 g/mol. The third kappa shape index (κ3) is 2.25. The number of ether oxygens (including phenoxy) is 1. The fraction of sp³-hybridized carbons (Fsp3) is 1.00. The number of aliphatic hydroxyl groups excluding tert-OH is 1. The Morgan fingerprint density at radius 3 is 2.86 bits per heavy atom. The minimum absolute atomic E-state index is 0.0367. The van der Waals surface area contributed by atoms with Crippen LogP contribution in [0.4, 0.5) is 0 Å². The molecule has 0 aliphatic carbocycles. The van der Waals surface area contributed by atoms with Gasteiger partial charge in [0.15, 0.2) is 0 Å². The van der Waals surface area contributed by atoms with E-state index in [9.17, 15) is 0 Å². The molecule has 82 valence electrons. The van der Waals surface area contributed by atoms with Crippen molar-refractivity contribution in [2.75, 3.05) is 46.4 Å². The minimum atomic E-state index is 0.0367. The van der Waals surface area contributed by atoms with Crippen molar-refractivity contribution in [1.29, 1.82) is 0 Å². The van der Waals surface area contributed by atoms with E-state index in [4.69, 9.17) is 9.84 Å². The van der Waals surface area contributed by atoms with Gasteiger partial charge in [-0.15, -0.1) is 0 Å². The maximum atomic E-state index is 9.04. The molecule has 0 bridgehead atoms. The van der Waals surface area contributed by atoms with Crippen LogP contribution in [0.15, 0.2) is 0 Å². The van der Waals surface area contributed by atoms with Gasteiger partial charge in [-0.25, -0.2) is 0 Å². The van der Waals surface area contributed by atoms with Gasteiger partial charge in [0.1, 0.15) is 0 Å². The van der Waals surface area contributed by atoms with Gasteiger partial charge < -0.3 is 14.7 Å². The van der Waals surface area contributed by atoms with E-state index in [0.717, 1.165) is 26.2 Å². The number of rotatable bonds is 2. The maximum Gasteiger partial charge on any atom is 0.0932 e. The van der Waals surface area contributed by atoms with Crippen LogP contribution in [0.5, 0.6) is 0 Å². The number of nitrogens with zero attached hydrogens (tertiary/aromatic N) is 2. The van der Waals surface area contributed by atoms with E-state index in [1.807, 2.05) is 0 Å². The molecule has 0 radical (unpaired) electrons. The van der Waals surface area contributed by atoms with Crippen LogP contribution in [0.1, 0.15) is 6.42 Å². The van der Waals surface area contributed by atoms with E-state index in [2.05, 4.69) is 16.8 Å². The van der Waals surface area contributed by atoms with Gasteiger partial charge in [0.25, 0.3) is 0 Å². The van der Waals surface area contributed by atoms with Crippen LogP contribution in [0.25, 0.3) is 0 Å². The molecule has 4 nitrogen and oxygen atoms in total. The monoisotopic (exact) mass is 200 g/mol. The summed E-state index contributed by atoms with van der Waals surface area (Å²) in [5, 5.41) is 9.04. The van der Waals surface area contributed by atoms with E-state index in [0.29, 0.717) is 6.04 Å². The normalized spacial score (nSPS) is 36.4. The molecule has 0 saturated carbocycles. The van der Waals surface area contributed by atoms with Crippen LogP contribution >= 0.6 is 0 Å². The molecule has 2 fully saturated rings. The Morgan fingerprint density at radius 1 is 1.36 bits per heavy atom. The number of morpholine rings is 1. The molecule has 1 unspecified atom stereocenters. The van der Waals surface area contributed by atoms with Crippen molar-refractivity contribution in [1.82, 2.24) is 9.80 Å². The lowest BCUT2D eigenvalue weighted by molar-refractivity contribution is -0.0633. The molecule has 14 heavy (non-hydrogen) atoms. The van der Waals surface area contributed by atoms with Gasteiger partial charge in [-0.1, -0.05) is 0 Å². The van der Waals surface area contributed by atoms with Crippen molar-refractivity contribution >= 4 is 0 Å². The van der Waals surface area contributed by atoms with E-state index >= 15 is 0 Å². The maximum absolute atomic E-state index is 9.04. The van der Waals surface area contributed by atoms with E-state index in [1.54, 1.807) is 0 Å². The zero-order valence-corrected chi connectivity index (χ0v) is 8.85. The molecule has 4 heteroatoms. The van der Waals surface area contributed by atoms with Gasteiger partial charge in [-0.05, 0) is 20.0 Å². The molecule has 0 amide bonds. The second-order valence-electron chi connectivity index (χ2n) is 4.38. The molecular formula is C10H20N2O2. The molecule has 0 spiro atoms. The zero-order valence-electron chi connectivity index (χ0n) is 8.85. The highest BCUT2D eigenvalue weighted by Crippen LogP contribution is 2.17. The smallest absolute Gasteiger partial charge is 0.0932 e. The summed E-state index contributed by atoms with van der Waals surface area (Å²) in [4.78, 5) is 4.84. The van der Waals surface area contributed by atoms with E-state index < -0.39 is 0 Å². The van der Waals surface area contributed by atoms with Gasteiger partial charge >= 0.3 is 0 Å². The van der Waals surface area contributed by atoms with Crippen molar-refractivity contribution in [2.24, 2.45) is 0 Å². The summed E-state index contributed by atoms with van der Waals surface area (Å²) in [6.45, 7) is 5.21. The summed E-state index contributed by atoms with van der Waals surface area (Å²) in [6, 6.07) is 0.679. The molecule has 2 heterocycles. The van der Waals surface area contributed by atoms with Gasteiger partial charge in [0.2, 0.25) is 0 Å². The number of hydrogen-bond donors (Lipinski definition) is 1. The molecule has 2 rings (SSSR count). The van der Waals surface area contributed by atoms with Gasteiger partial charge in [0, 0.05) is 25.7 Å². The quantitative estimate of drug-likeness (QED) is 0.645. The van der Waals surface area contributed by atoms with Crippen LogP contribution in [-0.2, 0) is 4.74 Å². The Bertz CT molecular complexity index is 189. The first-order valence-corrected chi connectivity index (χ1v) is 5.44. The molecule has 2 saturated heterocycles. The van der Waals surface area contributed by atoms with Crippen molar-refractivity contribution in [3.8, 4) is 0 Å². The van der Waals surface area contributed by atoms with Crippen LogP contribution in [-0.4, -0.2) is 73.5 Å². The fourth-order valence-electron chi connectivity index (χ4n) is 2.39. The van der Waals surface area contributed by atoms with Crippen molar-refractivity contribution in [3.63, 3.8) is 0 Å². The number of hydrogen-bond acceptors (Lipinski definition) is 4. The van der Waals surface area contributed by atoms with Crippen LogP contribution in [0, 0.1) is 0 Å². The Labute approximate surface area is 85.4 Å². The van der Waals surface area contributed by atoms with Crippen molar-refractivity contribution in [3.05, 3.63) is 0 Å². The third-order valence-electron chi connectivity index (χ3n) is 3.26. The lowest BCUT2D eigenvalue weighted by atomic mass is 10.2. The molecule has 0 aromatic carbocycles. The van der Waals surface area contributed by atoms with Crippen LogP contribution < -0.4 is 0 Å². The summed E-state index contributed by atoms with van der Waals surface area (Å²) in [6.07, 6.45) is 1.30. The predicted molar refractivity (Wildman–Crippen MR) is 54.3 cm³/mol. The van der Waals surface area contributed by atoms with Crippen LogP contribution in [0.2, 0.25) is 0 Å². The number of aliphatic hydroxyl groups is 1. The summed E-state index contributed by atoms with van der Waals surface area (Å²) in [5.41, 5.74) is 0. The average molecular weight is 200 g/mol. The highest BCUT2D eigenvalue weighted by molar-refractivity contribution is 4.84. The predicted octanol–water partition coefficient (Wildman–Crippen LogP) is -0.616. The molecule has 2 atom stereocenters. The molecule has 0 aromatic heterocycles. The molecule has 2 aliphatic rings. The van der Waals surface area contributed by atoms with E-state index in [-0.39, 0.29) is 12.7 Å². The summed E-state index contributed by atoms with van der Waals surface area (Å²) in [5.74, 6) is 0. The molecule has 0 aromatic rings. The Morgan fingerprint density at radius 2 is 2.21 bits per heavy atom. The van der Waals surface area contributed by atoms with Crippen LogP contribution in [0.3, 0.4) is 0 Å². The number of likely N-dealkylation sites (N-methyl/N-ethyl adjacent to an activating group) is 1. The largest absolute Gasteiger partial charge is 0.394 e. The lowest BCUT2D eigenvalue weighted by Crippen LogP contribution is -2.49. The lowest BCUT2D eigenvalue weighted by Gasteiger charge is -2.36. The summed E-state index contributed by atoms with van der Waals surface area (Å²) in [7, 11) is 2.17. The van der Waals surface area contributed by atoms with Crippen molar-refractivity contribution in [2.45, 2.75) is 18.6 Å². The standard InChI is InChI=1S/C10H20N2O2/c1-11-3-2-9(6-11)12-4-5-14-10(7-12)8-13/h9-10,13H,2-8H2,1H3/t9?,10-/m0/s1. The summed E-state index contributed by atoms with van der Waals surface area (Å²) >= 11 is 0. The topological polar surface area (TPSA) is 35.9 Å². The van der Waals surface area contributed by atoms with E-state index in [1.165, 1.54) is 13.0 Å². The van der Waals surface area contributed by atoms with Gasteiger partial charge in [-0.3, -0.25) is 4.90 Å². The first kappa shape index (κ1) is 10.4. The number of likely N-dealkylation sites (tertiary alicyclic amines) is 1. The second kappa shape index (κ2) is 4.57. The fourth-order valence-corrected chi connectivity index (χ4v) is 2.39. The molecule has 1 N–H and O–H groups in total. The highest BCUT2D eigenvalue weighted by Gasteiger charge is 2.29. The Hall–Kier alpha value is -0.160.